The minimum atomic E-state index is -0.512. The number of methoxy groups -OCH3 is 1. The molecule has 142 valence electrons. The van der Waals surface area contributed by atoms with Crippen molar-refractivity contribution in [3.8, 4) is 0 Å². The fourth-order valence-corrected chi connectivity index (χ4v) is 5.20. The van der Waals surface area contributed by atoms with Crippen LogP contribution in [0.15, 0.2) is 0 Å². The third-order valence-electron chi connectivity index (χ3n) is 6.21. The molecule has 2 rings (SSSR count). The first kappa shape index (κ1) is 19.7. The molecular formula is C19H31NO5. The van der Waals surface area contributed by atoms with Crippen molar-refractivity contribution in [3.05, 3.63) is 0 Å². The van der Waals surface area contributed by atoms with E-state index in [9.17, 15) is 14.4 Å². The normalized spacial score (nSPS) is 29.3. The van der Waals surface area contributed by atoms with Crippen LogP contribution in [0.2, 0.25) is 0 Å². The summed E-state index contributed by atoms with van der Waals surface area (Å²) in [6.45, 7) is 8.89. The molecule has 2 saturated carbocycles. The van der Waals surface area contributed by atoms with E-state index in [-0.39, 0.29) is 54.7 Å². The molecule has 0 saturated heterocycles. The summed E-state index contributed by atoms with van der Waals surface area (Å²) in [5, 5.41) is 0. The van der Waals surface area contributed by atoms with Gasteiger partial charge in [0.05, 0.1) is 20.1 Å². The molecule has 0 radical (unpaired) electrons. The van der Waals surface area contributed by atoms with Crippen LogP contribution in [-0.4, -0.2) is 49.0 Å². The lowest BCUT2D eigenvalue weighted by molar-refractivity contribution is -0.152. The van der Waals surface area contributed by atoms with Gasteiger partial charge in [-0.15, -0.1) is 0 Å². The van der Waals surface area contributed by atoms with Crippen LogP contribution in [0.25, 0.3) is 0 Å². The lowest BCUT2D eigenvalue weighted by Crippen LogP contribution is -2.55. The highest BCUT2D eigenvalue weighted by Gasteiger charge is 2.61. The molecule has 0 spiro atoms. The topological polar surface area (TPSA) is 72.9 Å². The SMILES string of the molecule is CCOC(=O)CC(=O)N(CCC(=O)OC)C1C(C)(C)[C@@H]2CC[C@@]1(C)C2. The molecule has 6 heteroatoms. The van der Waals surface area contributed by atoms with Crippen LogP contribution in [0, 0.1) is 16.7 Å². The van der Waals surface area contributed by atoms with Crippen molar-refractivity contribution in [2.45, 2.75) is 65.8 Å². The summed E-state index contributed by atoms with van der Waals surface area (Å²) in [4.78, 5) is 38.1. The second-order valence-corrected chi connectivity index (χ2v) is 8.21. The van der Waals surface area contributed by atoms with Gasteiger partial charge in [0.15, 0.2) is 0 Å². The highest BCUT2D eigenvalue weighted by molar-refractivity contribution is 5.94. The molecule has 6 nitrogen and oxygen atoms in total. The zero-order valence-electron chi connectivity index (χ0n) is 16.1. The number of esters is 2. The van der Waals surface area contributed by atoms with Crippen molar-refractivity contribution < 1.29 is 23.9 Å². The molecule has 2 fully saturated rings. The first-order valence-electron chi connectivity index (χ1n) is 9.17. The van der Waals surface area contributed by atoms with E-state index in [0.717, 1.165) is 12.8 Å². The summed E-state index contributed by atoms with van der Waals surface area (Å²) < 4.78 is 9.67. The molecule has 2 aliphatic carbocycles. The van der Waals surface area contributed by atoms with Crippen LogP contribution in [0.3, 0.4) is 0 Å². The highest BCUT2D eigenvalue weighted by atomic mass is 16.5. The van der Waals surface area contributed by atoms with E-state index < -0.39 is 5.97 Å². The molecule has 0 heterocycles. The van der Waals surface area contributed by atoms with Gasteiger partial charge in [-0.1, -0.05) is 20.8 Å². The van der Waals surface area contributed by atoms with Gasteiger partial charge in [-0.25, -0.2) is 0 Å². The average Bonchev–Trinajstić information content (AvgIpc) is 3.01. The molecule has 2 aliphatic rings. The Hall–Kier alpha value is -1.59. The highest BCUT2D eigenvalue weighted by Crippen LogP contribution is 2.64. The Bertz CT molecular complexity index is 539. The van der Waals surface area contributed by atoms with Gasteiger partial charge in [0.2, 0.25) is 5.91 Å². The van der Waals surface area contributed by atoms with Gasteiger partial charge in [-0.3, -0.25) is 14.4 Å². The van der Waals surface area contributed by atoms with Gasteiger partial charge in [0.1, 0.15) is 6.42 Å². The summed E-state index contributed by atoms with van der Waals surface area (Å²) in [5.41, 5.74) is 0.00203. The molecule has 0 aliphatic heterocycles. The van der Waals surface area contributed by atoms with Crippen molar-refractivity contribution in [2.75, 3.05) is 20.3 Å². The summed E-state index contributed by atoms with van der Waals surface area (Å²) in [6.07, 6.45) is 3.21. The molecule has 2 bridgehead atoms. The quantitative estimate of drug-likeness (QED) is 0.519. The summed E-state index contributed by atoms with van der Waals surface area (Å²) in [6, 6.07) is 0.0188. The fraction of sp³-hybridized carbons (Fsp3) is 0.842. The maximum Gasteiger partial charge on any atom is 0.315 e. The molecular weight excluding hydrogens is 322 g/mol. The molecule has 0 aromatic rings. The Labute approximate surface area is 150 Å². The maximum absolute atomic E-state index is 12.9. The molecule has 0 N–H and O–H groups in total. The number of amides is 1. The van der Waals surface area contributed by atoms with Crippen LogP contribution in [0.5, 0.6) is 0 Å². The number of carbonyl (C=O) groups is 3. The van der Waals surface area contributed by atoms with Crippen LogP contribution < -0.4 is 0 Å². The first-order valence-corrected chi connectivity index (χ1v) is 9.17. The minimum absolute atomic E-state index is 0.0188. The summed E-state index contributed by atoms with van der Waals surface area (Å²) in [7, 11) is 1.34. The second-order valence-electron chi connectivity index (χ2n) is 8.21. The smallest absolute Gasteiger partial charge is 0.315 e. The Morgan fingerprint density at radius 3 is 2.36 bits per heavy atom. The lowest BCUT2D eigenvalue weighted by Gasteiger charge is -2.49. The van der Waals surface area contributed by atoms with E-state index in [1.807, 2.05) is 0 Å². The van der Waals surface area contributed by atoms with Crippen LogP contribution in [-0.2, 0) is 23.9 Å². The van der Waals surface area contributed by atoms with Gasteiger partial charge in [-0.05, 0) is 42.9 Å². The van der Waals surface area contributed by atoms with E-state index in [0.29, 0.717) is 5.92 Å². The van der Waals surface area contributed by atoms with Gasteiger partial charge < -0.3 is 14.4 Å². The van der Waals surface area contributed by atoms with Crippen LogP contribution in [0.4, 0.5) is 0 Å². The Morgan fingerprint density at radius 2 is 1.84 bits per heavy atom. The zero-order chi connectivity index (χ0) is 18.8. The van der Waals surface area contributed by atoms with Gasteiger partial charge in [-0.2, -0.15) is 0 Å². The number of hydrogen-bond acceptors (Lipinski definition) is 5. The average molecular weight is 353 g/mol. The third kappa shape index (κ3) is 3.82. The van der Waals surface area contributed by atoms with Crippen molar-refractivity contribution in [1.29, 1.82) is 0 Å². The van der Waals surface area contributed by atoms with Crippen molar-refractivity contribution in [3.63, 3.8) is 0 Å². The summed E-state index contributed by atoms with van der Waals surface area (Å²) in [5.74, 6) is -0.547. The summed E-state index contributed by atoms with van der Waals surface area (Å²) >= 11 is 0. The van der Waals surface area contributed by atoms with E-state index in [1.165, 1.54) is 13.5 Å². The predicted octanol–water partition coefficient (Wildman–Crippen LogP) is 2.55. The third-order valence-corrected chi connectivity index (χ3v) is 6.21. The number of rotatable bonds is 7. The Balaban J connectivity index is 2.23. The number of nitrogens with zero attached hydrogens (tertiary/aromatic N) is 1. The zero-order valence-corrected chi connectivity index (χ0v) is 16.1. The number of hydrogen-bond donors (Lipinski definition) is 0. The van der Waals surface area contributed by atoms with Gasteiger partial charge in [0.25, 0.3) is 0 Å². The maximum atomic E-state index is 12.9. The standard InChI is InChI=1S/C19H31NO5/c1-6-25-16(23)11-14(21)20(10-8-15(22)24-5)17-18(2,3)13-7-9-19(17,4)12-13/h13,17H,6-12H2,1-5H3/t13-,17?,19+/m1/s1. The lowest BCUT2D eigenvalue weighted by atomic mass is 9.67. The van der Waals surface area contributed by atoms with E-state index >= 15 is 0 Å². The van der Waals surface area contributed by atoms with Crippen molar-refractivity contribution in [1.82, 2.24) is 4.90 Å². The van der Waals surface area contributed by atoms with Crippen LogP contribution >= 0.6 is 0 Å². The molecule has 0 aromatic carbocycles. The first-order chi connectivity index (χ1) is 11.7. The molecule has 0 aromatic heterocycles. The molecule has 1 amide bonds. The Morgan fingerprint density at radius 1 is 1.16 bits per heavy atom. The fourth-order valence-electron chi connectivity index (χ4n) is 5.20. The molecule has 1 unspecified atom stereocenters. The van der Waals surface area contributed by atoms with Crippen molar-refractivity contribution in [2.24, 2.45) is 16.7 Å². The van der Waals surface area contributed by atoms with E-state index in [4.69, 9.17) is 9.47 Å². The molecule has 25 heavy (non-hydrogen) atoms. The molecule has 3 atom stereocenters. The number of carbonyl (C=O) groups excluding carboxylic acids is 3. The second kappa shape index (κ2) is 7.34. The predicted molar refractivity (Wildman–Crippen MR) is 92.6 cm³/mol. The Kier molecular flexibility index (Phi) is 5.79. The largest absolute Gasteiger partial charge is 0.469 e. The number of fused-ring (bicyclic) bond motifs is 2. The minimum Gasteiger partial charge on any atom is -0.469 e. The monoisotopic (exact) mass is 353 g/mol. The van der Waals surface area contributed by atoms with Crippen LogP contribution in [0.1, 0.15) is 59.8 Å². The van der Waals surface area contributed by atoms with Gasteiger partial charge in [0, 0.05) is 12.6 Å². The number of ether oxygens (including phenoxy) is 2. The van der Waals surface area contributed by atoms with E-state index in [1.54, 1.807) is 11.8 Å². The van der Waals surface area contributed by atoms with Crippen molar-refractivity contribution >= 4 is 17.8 Å². The van der Waals surface area contributed by atoms with Gasteiger partial charge >= 0.3 is 11.9 Å². The van der Waals surface area contributed by atoms with E-state index in [2.05, 4.69) is 20.8 Å².